The van der Waals surface area contributed by atoms with Gasteiger partial charge >= 0.3 is 6.36 Å². The molecule has 2 rings (SSSR count). The predicted molar refractivity (Wildman–Crippen MR) is 114 cm³/mol. The molecule has 0 heterocycles. The topological polar surface area (TPSA) is 65.3 Å². The van der Waals surface area contributed by atoms with Gasteiger partial charge in [0.2, 0.25) is 0 Å². The van der Waals surface area contributed by atoms with Crippen LogP contribution in [-0.4, -0.2) is 35.9 Å². The third kappa shape index (κ3) is 8.70. The molecule has 1 aromatic rings. The normalized spacial score (nSPS) is 18.0. The molecule has 0 spiro atoms. The molecule has 168 valence electrons. The number of rotatable bonds is 8. The molecule has 29 heavy (non-hydrogen) atoms. The van der Waals surface area contributed by atoms with Gasteiger partial charge in [0.1, 0.15) is 5.75 Å². The van der Waals surface area contributed by atoms with E-state index in [0.29, 0.717) is 37.0 Å². The van der Waals surface area contributed by atoms with Gasteiger partial charge in [0, 0.05) is 24.1 Å². The molecule has 1 aromatic carbocycles. The Bertz CT molecular complexity index is 638. The maximum atomic E-state index is 12.6. The first-order valence-corrected chi connectivity index (χ1v) is 9.44. The van der Waals surface area contributed by atoms with E-state index < -0.39 is 17.9 Å². The summed E-state index contributed by atoms with van der Waals surface area (Å²) in [5.41, 5.74) is 0.0515. The Morgan fingerprint density at radius 2 is 1.83 bits per heavy atom. The number of nitrogens with one attached hydrogen (secondary N) is 2. The van der Waals surface area contributed by atoms with Crippen molar-refractivity contribution in [3.8, 4) is 5.75 Å². The summed E-state index contributed by atoms with van der Waals surface area (Å²) < 4.78 is 41.8. The highest BCUT2D eigenvalue weighted by Gasteiger charge is 2.39. The van der Waals surface area contributed by atoms with Crippen LogP contribution in [0.25, 0.3) is 0 Å². The summed E-state index contributed by atoms with van der Waals surface area (Å²) in [5.74, 6) is -0.717. The third-order valence-electron chi connectivity index (χ3n) is 5.36. The fourth-order valence-electron chi connectivity index (χ4n) is 3.86. The molecule has 0 aliphatic heterocycles. The van der Waals surface area contributed by atoms with E-state index >= 15 is 0 Å². The highest BCUT2D eigenvalue weighted by atomic mass is 35.5. The van der Waals surface area contributed by atoms with Gasteiger partial charge in [-0.3, -0.25) is 0 Å². The van der Waals surface area contributed by atoms with E-state index in [4.69, 9.17) is 5.41 Å². The lowest BCUT2D eigenvalue weighted by molar-refractivity contribution is -0.274. The standard InChI is InChI=1S/C20H29F3N2O2.2ClH/c1-14(25-2)11-16(24)13-18(19(26)9-4-3-5-10-19)15-7-6-8-17(12-15)27-20(21,22)23;;/h6-8,12,14,18,24-26H,3-5,9-11,13H2,1-2H3;2*1H/t14-,18?;;/m1../s1. The van der Waals surface area contributed by atoms with Gasteiger partial charge < -0.3 is 20.6 Å². The average molecular weight is 459 g/mol. The summed E-state index contributed by atoms with van der Waals surface area (Å²) in [6.45, 7) is 1.97. The molecule has 0 saturated heterocycles. The van der Waals surface area contributed by atoms with Crippen LogP contribution in [0.5, 0.6) is 5.75 Å². The van der Waals surface area contributed by atoms with Crippen LogP contribution in [-0.2, 0) is 0 Å². The van der Waals surface area contributed by atoms with Gasteiger partial charge in [-0.05, 0) is 50.9 Å². The molecule has 4 nitrogen and oxygen atoms in total. The minimum Gasteiger partial charge on any atom is -0.406 e. The Morgan fingerprint density at radius 1 is 1.21 bits per heavy atom. The Balaban J connectivity index is 0.00000392. The minimum absolute atomic E-state index is 0. The van der Waals surface area contributed by atoms with Crippen LogP contribution in [0.2, 0.25) is 0 Å². The van der Waals surface area contributed by atoms with Crippen molar-refractivity contribution in [2.45, 2.75) is 75.8 Å². The molecule has 3 N–H and O–H groups in total. The van der Waals surface area contributed by atoms with Gasteiger partial charge in [-0.1, -0.05) is 31.4 Å². The molecule has 0 bridgehead atoms. The molecule has 0 amide bonds. The van der Waals surface area contributed by atoms with Crippen LogP contribution < -0.4 is 10.1 Å². The second kappa shape index (κ2) is 12.0. The molecular weight excluding hydrogens is 428 g/mol. The van der Waals surface area contributed by atoms with E-state index in [1.165, 1.54) is 18.2 Å². The Morgan fingerprint density at radius 3 is 2.38 bits per heavy atom. The van der Waals surface area contributed by atoms with Crippen molar-refractivity contribution in [3.05, 3.63) is 29.8 Å². The summed E-state index contributed by atoms with van der Waals surface area (Å²) in [6.07, 6.45) is 0.0802. The van der Waals surface area contributed by atoms with Crippen LogP contribution in [0, 0.1) is 5.41 Å². The van der Waals surface area contributed by atoms with E-state index in [2.05, 4.69) is 10.1 Å². The lowest BCUT2D eigenvalue weighted by Gasteiger charge is -2.40. The third-order valence-corrected chi connectivity index (χ3v) is 5.36. The van der Waals surface area contributed by atoms with Crippen molar-refractivity contribution in [3.63, 3.8) is 0 Å². The molecule has 1 aliphatic carbocycles. The number of halogens is 5. The Kier molecular flexibility index (Phi) is 11.6. The summed E-state index contributed by atoms with van der Waals surface area (Å²) in [5, 5.41) is 22.7. The minimum atomic E-state index is -4.76. The lowest BCUT2D eigenvalue weighted by Crippen LogP contribution is -2.40. The van der Waals surface area contributed by atoms with Crippen LogP contribution in [0.4, 0.5) is 13.2 Å². The highest BCUT2D eigenvalue weighted by molar-refractivity contribution is 5.85. The summed E-state index contributed by atoms with van der Waals surface area (Å²) >= 11 is 0. The van der Waals surface area contributed by atoms with Crippen LogP contribution >= 0.6 is 24.8 Å². The largest absolute Gasteiger partial charge is 0.573 e. The van der Waals surface area contributed by atoms with E-state index in [0.717, 1.165) is 19.3 Å². The Hall–Kier alpha value is -1.02. The zero-order valence-electron chi connectivity index (χ0n) is 16.7. The van der Waals surface area contributed by atoms with Crippen molar-refractivity contribution in [2.24, 2.45) is 0 Å². The van der Waals surface area contributed by atoms with Gasteiger partial charge in [-0.15, -0.1) is 38.0 Å². The SMILES string of the molecule is CN[C@H](C)CC(=N)CC(c1cccc(OC(F)(F)F)c1)C1(O)CCCCC1.Cl.Cl. The molecular formula is C20H31Cl2F3N2O2. The molecule has 1 aliphatic rings. The van der Waals surface area contributed by atoms with E-state index in [9.17, 15) is 18.3 Å². The zero-order chi connectivity index (χ0) is 20.1. The average Bonchev–Trinajstić information content (AvgIpc) is 2.59. The van der Waals surface area contributed by atoms with Crippen molar-refractivity contribution < 1.29 is 23.0 Å². The first kappa shape index (κ1) is 28.0. The van der Waals surface area contributed by atoms with Gasteiger partial charge in [-0.2, -0.15) is 0 Å². The van der Waals surface area contributed by atoms with Crippen LogP contribution in [0.1, 0.15) is 63.4 Å². The zero-order valence-corrected chi connectivity index (χ0v) is 18.4. The highest BCUT2D eigenvalue weighted by Crippen LogP contribution is 2.43. The first-order chi connectivity index (χ1) is 12.6. The van der Waals surface area contributed by atoms with Crippen molar-refractivity contribution >= 4 is 30.5 Å². The number of aliphatic hydroxyl groups is 1. The van der Waals surface area contributed by atoms with Gasteiger partial charge in [0.25, 0.3) is 0 Å². The van der Waals surface area contributed by atoms with Gasteiger partial charge in [-0.25, -0.2) is 0 Å². The maximum absolute atomic E-state index is 12.6. The van der Waals surface area contributed by atoms with Gasteiger partial charge in [0.15, 0.2) is 0 Å². The monoisotopic (exact) mass is 458 g/mol. The predicted octanol–water partition coefficient (Wildman–Crippen LogP) is 5.62. The van der Waals surface area contributed by atoms with E-state index in [-0.39, 0.29) is 36.6 Å². The molecule has 9 heteroatoms. The second-order valence-corrected chi connectivity index (χ2v) is 7.54. The maximum Gasteiger partial charge on any atom is 0.573 e. The number of hydrogen-bond donors (Lipinski definition) is 3. The Labute approximate surface area is 182 Å². The number of alkyl halides is 3. The van der Waals surface area contributed by atoms with Crippen LogP contribution in [0.3, 0.4) is 0 Å². The lowest BCUT2D eigenvalue weighted by atomic mass is 9.70. The fraction of sp³-hybridized carbons (Fsp3) is 0.650. The van der Waals surface area contributed by atoms with E-state index in [1.54, 1.807) is 6.07 Å². The quantitative estimate of drug-likeness (QED) is 0.443. The smallest absolute Gasteiger partial charge is 0.406 e. The number of hydrogen-bond acceptors (Lipinski definition) is 4. The fourth-order valence-corrected chi connectivity index (χ4v) is 3.86. The molecule has 1 fully saturated rings. The first-order valence-electron chi connectivity index (χ1n) is 9.44. The summed E-state index contributed by atoms with van der Waals surface area (Å²) in [4.78, 5) is 0. The molecule has 1 unspecified atom stereocenters. The molecule has 2 atom stereocenters. The second-order valence-electron chi connectivity index (χ2n) is 7.54. The van der Waals surface area contributed by atoms with Crippen molar-refractivity contribution in [1.29, 1.82) is 5.41 Å². The van der Waals surface area contributed by atoms with Gasteiger partial charge in [0.05, 0.1) is 5.60 Å². The molecule has 0 radical (unpaired) electrons. The summed E-state index contributed by atoms with van der Waals surface area (Å²) in [6, 6.07) is 5.96. The molecule has 0 aromatic heterocycles. The number of benzene rings is 1. The van der Waals surface area contributed by atoms with Crippen molar-refractivity contribution in [2.75, 3.05) is 7.05 Å². The summed E-state index contributed by atoms with van der Waals surface area (Å²) in [7, 11) is 1.82. The van der Waals surface area contributed by atoms with E-state index in [1.807, 2.05) is 14.0 Å². The number of ether oxygens (including phenoxy) is 1. The van der Waals surface area contributed by atoms with Crippen molar-refractivity contribution in [1.82, 2.24) is 5.32 Å². The van der Waals surface area contributed by atoms with Crippen LogP contribution in [0.15, 0.2) is 24.3 Å². The molecule has 1 saturated carbocycles.